The molecule has 1 aliphatic rings. The monoisotopic (exact) mass is 389 g/mol. The van der Waals surface area contributed by atoms with Gasteiger partial charge in [0.15, 0.2) is 0 Å². The molecule has 0 radical (unpaired) electrons. The lowest BCUT2D eigenvalue weighted by molar-refractivity contribution is 0.0653. The van der Waals surface area contributed by atoms with E-state index in [9.17, 15) is 19.8 Å². The predicted octanol–water partition coefficient (Wildman–Crippen LogP) is 2.82. The molecular formula is C20H27N3O5. The highest BCUT2D eigenvalue weighted by Crippen LogP contribution is 2.35. The molecule has 2 aromatic rings. The molecule has 0 bridgehead atoms. The van der Waals surface area contributed by atoms with Gasteiger partial charge in [-0.3, -0.25) is 0 Å². The van der Waals surface area contributed by atoms with Gasteiger partial charge in [0.1, 0.15) is 11.4 Å². The highest BCUT2D eigenvalue weighted by atomic mass is 16.5. The first-order valence-corrected chi connectivity index (χ1v) is 9.55. The molecule has 2 aromatic heterocycles. The Kier molecular flexibility index (Phi) is 5.34. The van der Waals surface area contributed by atoms with Gasteiger partial charge in [0.25, 0.3) is 0 Å². The fourth-order valence-electron chi connectivity index (χ4n) is 3.72. The molecule has 1 fully saturated rings. The van der Waals surface area contributed by atoms with Gasteiger partial charge in [-0.05, 0) is 23.5 Å². The Morgan fingerprint density at radius 1 is 1.14 bits per heavy atom. The summed E-state index contributed by atoms with van der Waals surface area (Å²) in [5, 5.41) is 24.4. The molecule has 0 aliphatic carbocycles. The highest BCUT2D eigenvalue weighted by molar-refractivity contribution is 6.09. The van der Waals surface area contributed by atoms with Crippen LogP contribution in [0.4, 0.5) is 5.82 Å². The quantitative estimate of drug-likeness (QED) is 0.810. The molecule has 0 atom stereocenters. The summed E-state index contributed by atoms with van der Waals surface area (Å²) < 4.78 is 6.98. The summed E-state index contributed by atoms with van der Waals surface area (Å²) >= 11 is 0. The standard InChI is InChI=1S/C20H27N3O5/c1-5-6-13-15(18(24)25)16(19(26)27)17-12(20(2,3)4)11-14(21-23(13)17)22-7-9-28-10-8-22/h11H,5-10H2,1-4H3,(H,24,25)(H,26,27). The van der Waals surface area contributed by atoms with Crippen LogP contribution in [0.5, 0.6) is 0 Å². The zero-order valence-corrected chi connectivity index (χ0v) is 16.8. The molecule has 8 heteroatoms. The van der Waals surface area contributed by atoms with E-state index in [1.807, 2.05) is 33.8 Å². The second kappa shape index (κ2) is 7.43. The van der Waals surface area contributed by atoms with Gasteiger partial charge >= 0.3 is 11.9 Å². The van der Waals surface area contributed by atoms with Crippen molar-refractivity contribution in [2.45, 2.75) is 46.0 Å². The number of hydrogen-bond acceptors (Lipinski definition) is 5. The van der Waals surface area contributed by atoms with E-state index in [4.69, 9.17) is 9.84 Å². The third-order valence-corrected chi connectivity index (χ3v) is 5.03. The number of hydrogen-bond donors (Lipinski definition) is 2. The van der Waals surface area contributed by atoms with Crippen molar-refractivity contribution in [3.05, 3.63) is 28.5 Å². The van der Waals surface area contributed by atoms with Crippen LogP contribution in [0.25, 0.3) is 5.52 Å². The van der Waals surface area contributed by atoms with Gasteiger partial charge in [0.2, 0.25) is 0 Å². The number of carboxylic acid groups (broad SMARTS) is 2. The number of nitrogens with zero attached hydrogens (tertiary/aromatic N) is 3. The Bertz CT molecular complexity index is 920. The van der Waals surface area contributed by atoms with Crippen LogP contribution in [-0.2, 0) is 16.6 Å². The summed E-state index contributed by atoms with van der Waals surface area (Å²) in [5.41, 5.74) is 0.841. The number of anilines is 1. The predicted molar refractivity (Wildman–Crippen MR) is 105 cm³/mol. The van der Waals surface area contributed by atoms with Gasteiger partial charge in [0, 0.05) is 13.1 Å². The van der Waals surface area contributed by atoms with E-state index in [2.05, 4.69) is 4.90 Å². The van der Waals surface area contributed by atoms with E-state index in [1.165, 1.54) is 0 Å². The summed E-state index contributed by atoms with van der Waals surface area (Å²) in [5.74, 6) is -1.77. The Morgan fingerprint density at radius 3 is 2.25 bits per heavy atom. The molecule has 8 nitrogen and oxygen atoms in total. The number of aromatic carboxylic acids is 2. The van der Waals surface area contributed by atoms with Crippen molar-refractivity contribution in [3.63, 3.8) is 0 Å². The number of fused-ring (bicyclic) bond motifs is 1. The van der Waals surface area contributed by atoms with Crippen molar-refractivity contribution in [2.24, 2.45) is 0 Å². The maximum atomic E-state index is 12.1. The number of aromatic nitrogens is 2. The fraction of sp³-hybridized carbons (Fsp3) is 0.550. The van der Waals surface area contributed by atoms with E-state index in [0.717, 1.165) is 5.56 Å². The second-order valence-electron chi connectivity index (χ2n) is 8.08. The smallest absolute Gasteiger partial charge is 0.338 e. The minimum Gasteiger partial charge on any atom is -0.478 e. The first kappa shape index (κ1) is 20.1. The molecule has 0 unspecified atom stereocenters. The maximum absolute atomic E-state index is 12.1. The minimum atomic E-state index is -1.25. The number of carboxylic acids is 2. The molecule has 3 rings (SSSR count). The maximum Gasteiger partial charge on any atom is 0.338 e. The average Bonchev–Trinajstić information content (AvgIpc) is 2.96. The molecule has 0 saturated carbocycles. The topological polar surface area (TPSA) is 104 Å². The number of aryl methyl sites for hydroxylation is 1. The molecule has 0 aromatic carbocycles. The summed E-state index contributed by atoms with van der Waals surface area (Å²) in [7, 11) is 0. The van der Waals surface area contributed by atoms with Crippen molar-refractivity contribution in [2.75, 3.05) is 31.2 Å². The van der Waals surface area contributed by atoms with Gasteiger partial charge in [-0.1, -0.05) is 34.1 Å². The number of morpholine rings is 1. The van der Waals surface area contributed by atoms with Crippen LogP contribution in [0, 0.1) is 0 Å². The number of ether oxygens (including phenoxy) is 1. The van der Waals surface area contributed by atoms with Gasteiger partial charge < -0.3 is 19.8 Å². The summed E-state index contributed by atoms with van der Waals surface area (Å²) in [6, 6.07) is 1.90. The molecule has 28 heavy (non-hydrogen) atoms. The molecule has 0 amide bonds. The van der Waals surface area contributed by atoms with Crippen LogP contribution in [0.2, 0.25) is 0 Å². The zero-order chi connectivity index (χ0) is 20.6. The largest absolute Gasteiger partial charge is 0.478 e. The summed E-state index contributed by atoms with van der Waals surface area (Å²) in [6.07, 6.45) is 1.11. The fourth-order valence-corrected chi connectivity index (χ4v) is 3.72. The van der Waals surface area contributed by atoms with Crippen molar-refractivity contribution < 1.29 is 24.5 Å². The second-order valence-corrected chi connectivity index (χ2v) is 8.08. The first-order valence-electron chi connectivity index (χ1n) is 9.55. The van der Waals surface area contributed by atoms with Crippen molar-refractivity contribution in [1.82, 2.24) is 9.61 Å². The van der Waals surface area contributed by atoms with Crippen LogP contribution >= 0.6 is 0 Å². The van der Waals surface area contributed by atoms with Gasteiger partial charge in [-0.15, -0.1) is 0 Å². The van der Waals surface area contributed by atoms with E-state index < -0.39 is 17.4 Å². The summed E-state index contributed by atoms with van der Waals surface area (Å²) in [6.45, 7) is 10.5. The van der Waals surface area contributed by atoms with E-state index in [-0.39, 0.29) is 11.1 Å². The first-order chi connectivity index (χ1) is 13.2. The molecule has 1 aliphatic heterocycles. The summed E-state index contributed by atoms with van der Waals surface area (Å²) in [4.78, 5) is 26.2. The van der Waals surface area contributed by atoms with E-state index >= 15 is 0 Å². The Labute approximate surface area is 163 Å². The van der Waals surface area contributed by atoms with Gasteiger partial charge in [-0.2, -0.15) is 5.10 Å². The van der Waals surface area contributed by atoms with Crippen molar-refractivity contribution >= 4 is 23.3 Å². The lowest BCUT2D eigenvalue weighted by Crippen LogP contribution is -2.37. The van der Waals surface area contributed by atoms with Crippen LogP contribution in [0.15, 0.2) is 6.07 Å². The average molecular weight is 389 g/mol. The van der Waals surface area contributed by atoms with Gasteiger partial charge in [0.05, 0.1) is 30.0 Å². The lowest BCUT2D eigenvalue weighted by Gasteiger charge is -2.30. The lowest BCUT2D eigenvalue weighted by atomic mass is 9.86. The highest BCUT2D eigenvalue weighted by Gasteiger charge is 2.33. The molecule has 2 N–H and O–H groups in total. The number of rotatable bonds is 5. The minimum absolute atomic E-state index is 0.161. The molecule has 3 heterocycles. The molecule has 152 valence electrons. The Morgan fingerprint density at radius 2 is 1.75 bits per heavy atom. The third kappa shape index (κ3) is 3.44. The molecule has 1 saturated heterocycles. The zero-order valence-electron chi connectivity index (χ0n) is 16.8. The van der Waals surface area contributed by atoms with E-state index in [0.29, 0.717) is 56.2 Å². The molecule has 0 spiro atoms. The molecular weight excluding hydrogens is 362 g/mol. The van der Waals surface area contributed by atoms with Crippen LogP contribution in [-0.4, -0.2) is 58.1 Å². The van der Waals surface area contributed by atoms with Crippen LogP contribution in [0.3, 0.4) is 0 Å². The van der Waals surface area contributed by atoms with Crippen molar-refractivity contribution in [1.29, 1.82) is 0 Å². The third-order valence-electron chi connectivity index (χ3n) is 5.03. The van der Waals surface area contributed by atoms with Crippen LogP contribution in [0.1, 0.15) is 66.1 Å². The normalized spacial score (nSPS) is 15.2. The number of carbonyl (C=O) groups is 2. The van der Waals surface area contributed by atoms with Crippen molar-refractivity contribution in [3.8, 4) is 0 Å². The van der Waals surface area contributed by atoms with Crippen LogP contribution < -0.4 is 4.90 Å². The van der Waals surface area contributed by atoms with E-state index in [1.54, 1.807) is 4.52 Å². The Balaban J connectivity index is 2.43. The SMILES string of the molecule is CCCc1c(C(=O)O)c(C(=O)O)c2c(C(C)(C)C)cc(N3CCOCC3)nn12. The Hall–Kier alpha value is -2.61. The van der Waals surface area contributed by atoms with Gasteiger partial charge in [-0.25, -0.2) is 14.1 Å².